The molecule has 0 saturated carbocycles. The van der Waals surface area contributed by atoms with Gasteiger partial charge >= 0.3 is 5.97 Å². The summed E-state index contributed by atoms with van der Waals surface area (Å²) in [6.45, 7) is 4.28. The molecule has 1 atom stereocenters. The number of aryl methyl sites for hydroxylation is 1. The van der Waals surface area contributed by atoms with Crippen LogP contribution in [0.3, 0.4) is 0 Å². The Morgan fingerprint density at radius 1 is 1.29 bits per heavy atom. The number of carboxylic acids is 1. The van der Waals surface area contributed by atoms with Crippen LogP contribution in [0.5, 0.6) is 0 Å². The van der Waals surface area contributed by atoms with E-state index >= 15 is 0 Å². The van der Waals surface area contributed by atoms with Gasteiger partial charge in [-0.2, -0.15) is 0 Å². The largest absolute Gasteiger partial charge is 0.481 e. The zero-order valence-corrected chi connectivity index (χ0v) is 10.8. The zero-order valence-electron chi connectivity index (χ0n) is 10.8. The van der Waals surface area contributed by atoms with Crippen molar-refractivity contribution in [3.05, 3.63) is 35.4 Å². The van der Waals surface area contributed by atoms with Crippen molar-refractivity contribution in [3.8, 4) is 0 Å². The summed E-state index contributed by atoms with van der Waals surface area (Å²) >= 11 is 0. The molecule has 0 spiro atoms. The van der Waals surface area contributed by atoms with Gasteiger partial charge in [-0.05, 0) is 36.3 Å². The lowest BCUT2D eigenvalue weighted by Crippen LogP contribution is -2.00. The van der Waals surface area contributed by atoms with Gasteiger partial charge in [0, 0.05) is 6.42 Å². The van der Waals surface area contributed by atoms with E-state index in [4.69, 9.17) is 5.11 Å². The van der Waals surface area contributed by atoms with E-state index in [0.717, 1.165) is 6.42 Å². The van der Waals surface area contributed by atoms with Crippen molar-refractivity contribution in [1.82, 2.24) is 0 Å². The molecule has 0 fully saturated rings. The maximum absolute atomic E-state index is 10.5. The summed E-state index contributed by atoms with van der Waals surface area (Å²) in [5, 5.41) is 8.65. The van der Waals surface area contributed by atoms with Gasteiger partial charge in [-0.15, -0.1) is 0 Å². The first-order valence-electron chi connectivity index (χ1n) is 6.44. The molecule has 17 heavy (non-hydrogen) atoms. The molecule has 0 amide bonds. The second kappa shape index (κ2) is 7.10. The molecular formula is C15H22O2. The van der Waals surface area contributed by atoms with Gasteiger partial charge in [0.15, 0.2) is 0 Å². The minimum atomic E-state index is -0.712. The second-order valence-electron chi connectivity index (χ2n) is 4.68. The summed E-state index contributed by atoms with van der Waals surface area (Å²) in [5.74, 6) is -0.386. The van der Waals surface area contributed by atoms with Gasteiger partial charge in [0.25, 0.3) is 0 Å². The van der Waals surface area contributed by atoms with Crippen molar-refractivity contribution >= 4 is 5.97 Å². The highest BCUT2D eigenvalue weighted by Gasteiger charge is 2.07. The fourth-order valence-electron chi connectivity index (χ4n) is 1.90. The number of hydrogen-bond donors (Lipinski definition) is 1. The van der Waals surface area contributed by atoms with E-state index in [1.807, 2.05) is 0 Å². The average molecular weight is 234 g/mol. The molecule has 0 heterocycles. The van der Waals surface area contributed by atoms with Gasteiger partial charge in [0.1, 0.15) is 0 Å². The number of unbranched alkanes of at least 4 members (excludes halogenated alkanes) is 1. The van der Waals surface area contributed by atoms with E-state index < -0.39 is 5.97 Å². The SMILES string of the molecule is CCCCc1ccc(C(C)CCC(=O)O)cc1. The van der Waals surface area contributed by atoms with Crippen molar-refractivity contribution in [2.45, 2.75) is 51.9 Å². The van der Waals surface area contributed by atoms with Crippen LogP contribution in [0.2, 0.25) is 0 Å². The third-order valence-corrected chi connectivity index (χ3v) is 3.16. The normalized spacial score (nSPS) is 12.4. The Kier molecular flexibility index (Phi) is 5.75. The Balaban J connectivity index is 2.51. The van der Waals surface area contributed by atoms with Crippen LogP contribution in [0, 0.1) is 0 Å². The summed E-state index contributed by atoms with van der Waals surface area (Å²) in [6.07, 6.45) is 4.55. The van der Waals surface area contributed by atoms with Gasteiger partial charge < -0.3 is 5.11 Å². The lowest BCUT2D eigenvalue weighted by molar-refractivity contribution is -0.137. The van der Waals surface area contributed by atoms with E-state index in [9.17, 15) is 4.79 Å². The Hall–Kier alpha value is -1.31. The maximum Gasteiger partial charge on any atom is 0.303 e. The average Bonchev–Trinajstić information content (AvgIpc) is 2.34. The van der Waals surface area contributed by atoms with Crippen LogP contribution in [0.1, 0.15) is 56.6 Å². The fraction of sp³-hybridized carbons (Fsp3) is 0.533. The molecule has 1 aromatic rings. The number of benzene rings is 1. The predicted octanol–water partition coefficient (Wildman–Crippen LogP) is 4.00. The lowest BCUT2D eigenvalue weighted by atomic mass is 9.94. The molecule has 2 nitrogen and oxygen atoms in total. The lowest BCUT2D eigenvalue weighted by Gasteiger charge is -2.11. The number of aliphatic carboxylic acids is 1. The van der Waals surface area contributed by atoms with Gasteiger partial charge in [-0.3, -0.25) is 4.79 Å². The Morgan fingerprint density at radius 3 is 2.47 bits per heavy atom. The number of hydrogen-bond acceptors (Lipinski definition) is 1. The van der Waals surface area contributed by atoms with Crippen molar-refractivity contribution in [1.29, 1.82) is 0 Å². The van der Waals surface area contributed by atoms with Gasteiger partial charge in [0.2, 0.25) is 0 Å². The van der Waals surface area contributed by atoms with E-state index in [-0.39, 0.29) is 6.42 Å². The van der Waals surface area contributed by atoms with Gasteiger partial charge in [0.05, 0.1) is 0 Å². The summed E-state index contributed by atoms with van der Waals surface area (Å²) in [6, 6.07) is 8.61. The number of carboxylic acid groups (broad SMARTS) is 1. The highest BCUT2D eigenvalue weighted by Crippen LogP contribution is 2.21. The Bertz CT molecular complexity index is 340. The number of carbonyl (C=O) groups is 1. The third kappa shape index (κ3) is 5.03. The molecule has 94 valence electrons. The maximum atomic E-state index is 10.5. The van der Waals surface area contributed by atoms with Crippen LogP contribution in [-0.4, -0.2) is 11.1 Å². The molecule has 1 aromatic carbocycles. The van der Waals surface area contributed by atoms with E-state index in [2.05, 4.69) is 38.1 Å². The van der Waals surface area contributed by atoms with Gasteiger partial charge in [-0.25, -0.2) is 0 Å². The summed E-state index contributed by atoms with van der Waals surface area (Å²) < 4.78 is 0. The third-order valence-electron chi connectivity index (χ3n) is 3.16. The second-order valence-corrected chi connectivity index (χ2v) is 4.68. The topological polar surface area (TPSA) is 37.3 Å². The summed E-state index contributed by atoms with van der Waals surface area (Å²) in [4.78, 5) is 10.5. The standard InChI is InChI=1S/C15H22O2/c1-3-4-5-13-7-9-14(10-8-13)12(2)6-11-15(16)17/h7-10,12H,3-6,11H2,1-2H3,(H,16,17). The van der Waals surface area contributed by atoms with Crippen LogP contribution in [-0.2, 0) is 11.2 Å². The van der Waals surface area contributed by atoms with E-state index in [0.29, 0.717) is 12.3 Å². The molecule has 2 heteroatoms. The van der Waals surface area contributed by atoms with E-state index in [1.54, 1.807) is 0 Å². The molecule has 0 aliphatic heterocycles. The molecule has 0 aromatic heterocycles. The number of rotatable bonds is 7. The first-order valence-corrected chi connectivity index (χ1v) is 6.44. The Morgan fingerprint density at radius 2 is 1.94 bits per heavy atom. The minimum absolute atomic E-state index is 0.249. The zero-order chi connectivity index (χ0) is 12.7. The highest BCUT2D eigenvalue weighted by molar-refractivity contribution is 5.66. The van der Waals surface area contributed by atoms with Crippen molar-refractivity contribution < 1.29 is 9.90 Å². The van der Waals surface area contributed by atoms with Crippen LogP contribution in [0.25, 0.3) is 0 Å². The summed E-state index contributed by atoms with van der Waals surface area (Å²) in [5.41, 5.74) is 2.62. The van der Waals surface area contributed by atoms with E-state index in [1.165, 1.54) is 24.0 Å². The molecule has 0 bridgehead atoms. The minimum Gasteiger partial charge on any atom is -0.481 e. The van der Waals surface area contributed by atoms with Gasteiger partial charge in [-0.1, -0.05) is 44.5 Å². The molecule has 0 aliphatic rings. The highest BCUT2D eigenvalue weighted by atomic mass is 16.4. The molecule has 0 aliphatic carbocycles. The van der Waals surface area contributed by atoms with Crippen molar-refractivity contribution in [2.24, 2.45) is 0 Å². The van der Waals surface area contributed by atoms with Crippen LogP contribution < -0.4 is 0 Å². The quantitative estimate of drug-likeness (QED) is 0.774. The molecule has 1 unspecified atom stereocenters. The Labute approximate surface area is 104 Å². The fourth-order valence-corrected chi connectivity index (χ4v) is 1.90. The van der Waals surface area contributed by atoms with Crippen LogP contribution >= 0.6 is 0 Å². The summed E-state index contributed by atoms with van der Waals surface area (Å²) in [7, 11) is 0. The van der Waals surface area contributed by atoms with Crippen molar-refractivity contribution in [2.75, 3.05) is 0 Å². The van der Waals surface area contributed by atoms with Crippen molar-refractivity contribution in [3.63, 3.8) is 0 Å². The smallest absolute Gasteiger partial charge is 0.303 e. The first-order chi connectivity index (χ1) is 8.13. The molecule has 0 radical (unpaired) electrons. The molecule has 1 rings (SSSR count). The molecule has 1 N–H and O–H groups in total. The first kappa shape index (κ1) is 13.8. The van der Waals surface area contributed by atoms with Crippen LogP contribution in [0.4, 0.5) is 0 Å². The molecule has 0 saturated heterocycles. The molecular weight excluding hydrogens is 212 g/mol. The predicted molar refractivity (Wildman–Crippen MR) is 70.3 cm³/mol. The monoisotopic (exact) mass is 234 g/mol. The van der Waals surface area contributed by atoms with Crippen LogP contribution in [0.15, 0.2) is 24.3 Å².